The maximum absolute atomic E-state index is 14.7. The van der Waals surface area contributed by atoms with Gasteiger partial charge in [0, 0.05) is 23.6 Å². The molecule has 2 aliphatic heterocycles. The van der Waals surface area contributed by atoms with E-state index in [9.17, 15) is 9.59 Å². The summed E-state index contributed by atoms with van der Waals surface area (Å²) in [5.74, 6) is 0.237. The van der Waals surface area contributed by atoms with E-state index in [1.165, 1.54) is 0 Å². The fourth-order valence-corrected chi connectivity index (χ4v) is 5.82. The minimum Gasteiger partial charge on any atom is -0.497 e. The van der Waals surface area contributed by atoms with Gasteiger partial charge in [0.1, 0.15) is 5.75 Å². The first-order valence-corrected chi connectivity index (χ1v) is 12.1. The van der Waals surface area contributed by atoms with Gasteiger partial charge in [-0.15, -0.1) is 0 Å². The maximum Gasteiger partial charge on any atom is 0.259 e. The second kappa shape index (κ2) is 8.68. The predicted molar refractivity (Wildman–Crippen MR) is 140 cm³/mol. The molecule has 4 aromatic rings. The number of anilines is 2. The van der Waals surface area contributed by atoms with E-state index < -0.39 is 5.54 Å². The molecule has 4 aromatic carbocycles. The van der Waals surface area contributed by atoms with E-state index in [-0.39, 0.29) is 24.2 Å². The van der Waals surface area contributed by atoms with E-state index in [1.807, 2.05) is 114 Å². The molecule has 1 fully saturated rings. The molecule has 0 saturated carbocycles. The summed E-state index contributed by atoms with van der Waals surface area (Å²) in [5.41, 5.74) is 3.23. The summed E-state index contributed by atoms with van der Waals surface area (Å²) in [5, 5.41) is 0. The van der Waals surface area contributed by atoms with Crippen LogP contribution in [0.1, 0.15) is 29.0 Å². The molecule has 5 nitrogen and oxygen atoms in total. The molecule has 2 unspecified atom stereocenters. The number of carbonyl (C=O) groups is 2. The molecule has 1 saturated heterocycles. The van der Waals surface area contributed by atoms with E-state index in [4.69, 9.17) is 4.74 Å². The van der Waals surface area contributed by atoms with Crippen LogP contribution in [0.2, 0.25) is 0 Å². The lowest BCUT2D eigenvalue weighted by atomic mass is 9.75. The molecular weight excluding hydrogens is 448 g/mol. The number of amides is 2. The zero-order valence-corrected chi connectivity index (χ0v) is 20.0. The lowest BCUT2D eigenvalue weighted by Crippen LogP contribution is -2.53. The Balaban J connectivity index is 1.58. The van der Waals surface area contributed by atoms with Gasteiger partial charge in [0.15, 0.2) is 5.54 Å². The standard InChI is InChI=1S/C31H26N2O3/c1-36-25-18-16-23(17-19-25)27-20-29(34)33(24-12-6-3-7-13-24)31(27)26-14-8-9-15-28(26)32(30(31)35)21-22-10-4-2-5-11-22/h2-19,27H,20-21H2,1H3. The van der Waals surface area contributed by atoms with Crippen molar-refractivity contribution in [2.75, 3.05) is 16.9 Å². The van der Waals surface area contributed by atoms with E-state index in [1.54, 1.807) is 12.0 Å². The molecule has 0 bridgehead atoms. The van der Waals surface area contributed by atoms with Gasteiger partial charge in [0.05, 0.1) is 19.3 Å². The number of fused-ring (bicyclic) bond motifs is 2. The molecular formula is C31H26N2O3. The number of nitrogens with zero attached hydrogens (tertiary/aromatic N) is 2. The van der Waals surface area contributed by atoms with E-state index in [0.29, 0.717) is 6.54 Å². The first-order valence-electron chi connectivity index (χ1n) is 12.1. The van der Waals surface area contributed by atoms with Gasteiger partial charge in [-0.2, -0.15) is 0 Å². The van der Waals surface area contributed by atoms with Crippen molar-refractivity contribution in [2.24, 2.45) is 0 Å². The average Bonchev–Trinajstić information content (AvgIpc) is 3.37. The van der Waals surface area contributed by atoms with Crippen molar-refractivity contribution >= 4 is 23.2 Å². The van der Waals surface area contributed by atoms with Crippen LogP contribution in [0.5, 0.6) is 5.75 Å². The van der Waals surface area contributed by atoms with Crippen molar-refractivity contribution < 1.29 is 14.3 Å². The highest BCUT2D eigenvalue weighted by Crippen LogP contribution is 2.58. The molecule has 0 aliphatic carbocycles. The van der Waals surface area contributed by atoms with Crippen LogP contribution in [0.15, 0.2) is 109 Å². The summed E-state index contributed by atoms with van der Waals surface area (Å²) in [6, 6.07) is 35.2. The summed E-state index contributed by atoms with van der Waals surface area (Å²) in [6.07, 6.45) is 0.237. The van der Waals surface area contributed by atoms with Crippen molar-refractivity contribution in [1.82, 2.24) is 0 Å². The SMILES string of the molecule is COc1ccc(C2CC(=O)N(c3ccccc3)C23C(=O)N(Cc2ccccc2)c2ccccc23)cc1. The van der Waals surface area contributed by atoms with Gasteiger partial charge in [-0.05, 0) is 41.5 Å². The summed E-state index contributed by atoms with van der Waals surface area (Å²) in [7, 11) is 1.63. The molecule has 1 spiro atoms. The number of para-hydroxylation sites is 2. The van der Waals surface area contributed by atoms with Crippen molar-refractivity contribution in [3.05, 3.63) is 126 Å². The van der Waals surface area contributed by atoms with Crippen molar-refractivity contribution in [1.29, 1.82) is 0 Å². The quantitative estimate of drug-likeness (QED) is 0.375. The average molecular weight is 475 g/mol. The minimum atomic E-state index is -1.18. The molecule has 6 rings (SSSR count). The second-order valence-corrected chi connectivity index (χ2v) is 9.25. The molecule has 2 aliphatic rings. The molecule has 0 N–H and O–H groups in total. The fourth-order valence-electron chi connectivity index (χ4n) is 5.82. The van der Waals surface area contributed by atoms with E-state index in [0.717, 1.165) is 33.8 Å². The maximum atomic E-state index is 14.7. The second-order valence-electron chi connectivity index (χ2n) is 9.25. The molecule has 2 heterocycles. The van der Waals surface area contributed by atoms with Gasteiger partial charge in [-0.25, -0.2) is 0 Å². The third kappa shape index (κ3) is 3.23. The fraction of sp³-hybridized carbons (Fsp3) is 0.161. The lowest BCUT2D eigenvalue weighted by molar-refractivity contribution is -0.125. The van der Waals surface area contributed by atoms with Crippen LogP contribution in [0.3, 0.4) is 0 Å². The van der Waals surface area contributed by atoms with Gasteiger partial charge >= 0.3 is 0 Å². The van der Waals surface area contributed by atoms with E-state index in [2.05, 4.69) is 0 Å². The van der Waals surface area contributed by atoms with Gasteiger partial charge in [0.2, 0.25) is 5.91 Å². The third-order valence-electron chi connectivity index (χ3n) is 7.38. The summed E-state index contributed by atoms with van der Waals surface area (Å²) in [6.45, 7) is 0.435. The van der Waals surface area contributed by atoms with Crippen LogP contribution in [-0.2, 0) is 21.7 Å². The van der Waals surface area contributed by atoms with Crippen LogP contribution in [0, 0.1) is 0 Å². The van der Waals surface area contributed by atoms with Crippen LogP contribution in [-0.4, -0.2) is 18.9 Å². The Morgan fingerprint density at radius 2 is 1.44 bits per heavy atom. The zero-order valence-electron chi connectivity index (χ0n) is 20.0. The third-order valence-corrected chi connectivity index (χ3v) is 7.38. The van der Waals surface area contributed by atoms with Gasteiger partial charge in [-0.3, -0.25) is 14.5 Å². The highest BCUT2D eigenvalue weighted by molar-refractivity contribution is 6.17. The van der Waals surface area contributed by atoms with Crippen molar-refractivity contribution in [2.45, 2.75) is 24.4 Å². The Morgan fingerprint density at radius 3 is 2.14 bits per heavy atom. The summed E-state index contributed by atoms with van der Waals surface area (Å²) >= 11 is 0. The van der Waals surface area contributed by atoms with Gasteiger partial charge in [-0.1, -0.05) is 78.9 Å². The Hall–Kier alpha value is -4.38. The number of hydrogen-bond acceptors (Lipinski definition) is 3. The van der Waals surface area contributed by atoms with Crippen LogP contribution in [0.25, 0.3) is 0 Å². The number of ether oxygens (including phenoxy) is 1. The van der Waals surface area contributed by atoms with Crippen LogP contribution < -0.4 is 14.5 Å². The Morgan fingerprint density at radius 1 is 0.806 bits per heavy atom. The molecule has 36 heavy (non-hydrogen) atoms. The molecule has 178 valence electrons. The zero-order chi connectivity index (χ0) is 24.7. The van der Waals surface area contributed by atoms with E-state index >= 15 is 0 Å². The van der Waals surface area contributed by atoms with Gasteiger partial charge in [0.25, 0.3) is 5.91 Å². The predicted octanol–water partition coefficient (Wildman–Crippen LogP) is 5.66. The number of methoxy groups -OCH3 is 1. The first kappa shape index (κ1) is 22.1. The van der Waals surface area contributed by atoms with Crippen LogP contribution >= 0.6 is 0 Å². The molecule has 5 heteroatoms. The Labute approximate surface area is 210 Å². The normalized spacial score (nSPS) is 20.8. The Bertz CT molecular complexity index is 1420. The van der Waals surface area contributed by atoms with Crippen molar-refractivity contribution in [3.8, 4) is 5.75 Å². The Kier molecular flexibility index (Phi) is 5.33. The molecule has 0 radical (unpaired) electrons. The lowest BCUT2D eigenvalue weighted by Gasteiger charge is -2.38. The first-order chi connectivity index (χ1) is 17.6. The summed E-state index contributed by atoms with van der Waals surface area (Å²) in [4.78, 5) is 32.1. The molecule has 2 atom stereocenters. The largest absolute Gasteiger partial charge is 0.497 e. The van der Waals surface area contributed by atoms with Crippen molar-refractivity contribution in [3.63, 3.8) is 0 Å². The number of rotatable bonds is 5. The highest BCUT2D eigenvalue weighted by atomic mass is 16.5. The minimum absolute atomic E-state index is 0.0632. The topological polar surface area (TPSA) is 49.9 Å². The molecule has 0 aromatic heterocycles. The number of hydrogen-bond donors (Lipinski definition) is 0. The monoisotopic (exact) mass is 474 g/mol. The molecule has 2 amide bonds. The smallest absolute Gasteiger partial charge is 0.259 e. The van der Waals surface area contributed by atoms with Crippen LogP contribution in [0.4, 0.5) is 11.4 Å². The van der Waals surface area contributed by atoms with Gasteiger partial charge < -0.3 is 9.64 Å². The number of carbonyl (C=O) groups excluding carboxylic acids is 2. The highest BCUT2D eigenvalue weighted by Gasteiger charge is 2.65. The summed E-state index contributed by atoms with van der Waals surface area (Å²) < 4.78 is 5.37. The number of benzene rings is 4.